The first-order valence-corrected chi connectivity index (χ1v) is 14.4. The van der Waals surface area contributed by atoms with Crippen molar-refractivity contribution in [3.05, 3.63) is 145 Å². The molecule has 0 aromatic heterocycles. The molecule has 5 aromatic carbocycles. The zero-order valence-electron chi connectivity index (χ0n) is 18.8. The number of hydrogen-bond donors (Lipinski definition) is 0. The van der Waals surface area contributed by atoms with Gasteiger partial charge in [0.2, 0.25) is 0 Å². The zero-order valence-corrected chi connectivity index (χ0v) is 21.4. The second kappa shape index (κ2) is 10.4. The first-order chi connectivity index (χ1) is 16.8. The Morgan fingerprint density at radius 2 is 0.853 bits per heavy atom. The van der Waals surface area contributed by atoms with Crippen LogP contribution in [0.4, 0.5) is 0 Å². The summed E-state index contributed by atoms with van der Waals surface area (Å²) in [5.74, 6) is 0.879. The molecule has 34 heavy (non-hydrogen) atoms. The molecule has 0 aliphatic carbocycles. The minimum atomic E-state index is -2.78. The maximum absolute atomic E-state index is 7.12. The summed E-state index contributed by atoms with van der Waals surface area (Å²) in [6.07, 6.45) is 0. The van der Waals surface area contributed by atoms with E-state index in [2.05, 4.69) is 155 Å². The van der Waals surface area contributed by atoms with Crippen LogP contribution in [0, 0.1) is 0 Å². The van der Waals surface area contributed by atoms with E-state index in [9.17, 15) is 0 Å². The summed E-state index contributed by atoms with van der Waals surface area (Å²) >= 11 is 3.52. The van der Waals surface area contributed by atoms with Crippen LogP contribution in [0.3, 0.4) is 0 Å². The van der Waals surface area contributed by atoms with Gasteiger partial charge in [0.1, 0.15) is 0 Å². The van der Waals surface area contributed by atoms with Crippen molar-refractivity contribution in [1.29, 1.82) is 0 Å². The Hall–Kier alpha value is -3.19. The zero-order chi connectivity index (χ0) is 23.2. The van der Waals surface area contributed by atoms with Crippen LogP contribution in [-0.4, -0.2) is 0 Å². The van der Waals surface area contributed by atoms with Crippen LogP contribution in [0.2, 0.25) is 0 Å². The van der Waals surface area contributed by atoms with Gasteiger partial charge >= 0.3 is 211 Å². The molecular formula is C31H26BrOP. The summed E-state index contributed by atoms with van der Waals surface area (Å²) in [5.41, 5.74) is 3.65. The van der Waals surface area contributed by atoms with Gasteiger partial charge in [-0.3, -0.25) is 0 Å². The van der Waals surface area contributed by atoms with Crippen LogP contribution >= 0.6 is 23.4 Å². The van der Waals surface area contributed by atoms with E-state index in [1.807, 2.05) is 0 Å². The average Bonchev–Trinajstić information content (AvgIpc) is 2.94. The molecule has 0 N–H and O–H groups in total. The average molecular weight is 525 g/mol. The van der Waals surface area contributed by atoms with Crippen molar-refractivity contribution < 1.29 is 4.52 Å². The third-order valence-electron chi connectivity index (χ3n) is 6.11. The van der Waals surface area contributed by atoms with Gasteiger partial charge in [0.05, 0.1) is 0 Å². The molecule has 0 saturated heterocycles. The molecule has 0 amide bonds. The van der Waals surface area contributed by atoms with E-state index >= 15 is 0 Å². The summed E-state index contributed by atoms with van der Waals surface area (Å²) in [5, 5.41) is 4.54. The quantitative estimate of drug-likeness (QED) is 0.160. The number of halogens is 1. The predicted octanol–water partition coefficient (Wildman–Crippen LogP) is 7.27. The summed E-state index contributed by atoms with van der Waals surface area (Å²) < 4.78 is 7.12. The normalized spacial score (nSPS) is 11.7. The SMILES string of the molecule is BrCc1ccc(-c2ccc(O[PH](c3ccccc3)(c3ccccc3)c3ccccc3)cc2)cc1. The van der Waals surface area contributed by atoms with E-state index in [1.54, 1.807) is 0 Å². The Bertz CT molecular complexity index is 1220. The second-order valence-electron chi connectivity index (χ2n) is 8.24. The van der Waals surface area contributed by atoms with Crippen LogP contribution in [0.1, 0.15) is 5.56 Å². The molecule has 1 nitrogen and oxygen atoms in total. The van der Waals surface area contributed by atoms with E-state index in [0.717, 1.165) is 11.1 Å². The van der Waals surface area contributed by atoms with Crippen molar-refractivity contribution in [3.8, 4) is 16.9 Å². The molecular weight excluding hydrogens is 499 g/mol. The van der Waals surface area contributed by atoms with Crippen molar-refractivity contribution in [2.24, 2.45) is 0 Å². The number of alkyl halides is 1. The summed E-state index contributed by atoms with van der Waals surface area (Å²) in [7, 11) is -2.78. The van der Waals surface area contributed by atoms with Crippen LogP contribution in [0.15, 0.2) is 140 Å². The molecule has 3 heteroatoms. The van der Waals surface area contributed by atoms with E-state index in [0.29, 0.717) is 0 Å². The first-order valence-electron chi connectivity index (χ1n) is 11.4. The van der Waals surface area contributed by atoms with Gasteiger partial charge in [-0.25, -0.2) is 0 Å². The summed E-state index contributed by atoms with van der Waals surface area (Å²) in [4.78, 5) is 0. The fourth-order valence-electron chi connectivity index (χ4n) is 4.37. The molecule has 0 fully saturated rings. The Balaban J connectivity index is 1.60. The predicted molar refractivity (Wildman–Crippen MR) is 152 cm³/mol. The molecule has 0 aliphatic rings. The molecule has 0 bridgehead atoms. The number of hydrogen-bond acceptors (Lipinski definition) is 1. The molecule has 0 aliphatic heterocycles. The van der Waals surface area contributed by atoms with Gasteiger partial charge in [0, 0.05) is 0 Å². The first kappa shape index (κ1) is 22.6. The topological polar surface area (TPSA) is 9.23 Å². The van der Waals surface area contributed by atoms with E-state index in [1.165, 1.54) is 32.6 Å². The molecule has 0 saturated carbocycles. The van der Waals surface area contributed by atoms with Gasteiger partial charge in [0.25, 0.3) is 0 Å². The molecule has 5 aromatic rings. The Kier molecular flexibility index (Phi) is 6.90. The van der Waals surface area contributed by atoms with Gasteiger partial charge < -0.3 is 0 Å². The standard InChI is InChI=1S/C31H26BrOP/c32-24-25-16-18-26(19-17-25)27-20-22-28(23-21-27)33-34(29-10-4-1-5-11-29,30-12-6-2-7-13-30)31-14-8-3-9-15-31/h1-23,34H,24H2. The van der Waals surface area contributed by atoms with Gasteiger partial charge in [-0.15, -0.1) is 0 Å². The maximum atomic E-state index is 7.12. The van der Waals surface area contributed by atoms with Crippen molar-refractivity contribution in [2.75, 3.05) is 0 Å². The minimum absolute atomic E-state index is 0.866. The Morgan fingerprint density at radius 1 is 0.471 bits per heavy atom. The third kappa shape index (κ3) is 4.57. The van der Waals surface area contributed by atoms with Crippen LogP contribution in [0.5, 0.6) is 5.75 Å². The van der Waals surface area contributed by atoms with Crippen LogP contribution < -0.4 is 20.4 Å². The van der Waals surface area contributed by atoms with Crippen molar-refractivity contribution in [1.82, 2.24) is 0 Å². The molecule has 0 unspecified atom stereocenters. The van der Waals surface area contributed by atoms with Crippen molar-refractivity contribution in [2.45, 2.75) is 5.33 Å². The number of rotatable bonds is 7. The molecule has 0 spiro atoms. The third-order valence-corrected chi connectivity index (χ3v) is 10.7. The molecule has 5 rings (SSSR count). The summed E-state index contributed by atoms with van der Waals surface area (Å²) in [6.45, 7) is 0. The second-order valence-corrected chi connectivity index (χ2v) is 12.1. The van der Waals surface area contributed by atoms with Crippen LogP contribution in [-0.2, 0) is 5.33 Å². The van der Waals surface area contributed by atoms with Gasteiger partial charge in [-0.1, -0.05) is 0 Å². The Labute approximate surface area is 210 Å². The Morgan fingerprint density at radius 3 is 1.24 bits per heavy atom. The van der Waals surface area contributed by atoms with E-state index < -0.39 is 7.49 Å². The van der Waals surface area contributed by atoms with Gasteiger partial charge in [0.15, 0.2) is 0 Å². The fraction of sp³-hybridized carbons (Fsp3) is 0.0323. The van der Waals surface area contributed by atoms with Crippen molar-refractivity contribution in [3.63, 3.8) is 0 Å². The van der Waals surface area contributed by atoms with E-state index in [4.69, 9.17) is 4.52 Å². The molecule has 0 radical (unpaired) electrons. The van der Waals surface area contributed by atoms with Gasteiger partial charge in [-0.2, -0.15) is 0 Å². The monoisotopic (exact) mass is 524 g/mol. The van der Waals surface area contributed by atoms with E-state index in [-0.39, 0.29) is 0 Å². The fourth-order valence-corrected chi connectivity index (χ4v) is 8.58. The van der Waals surface area contributed by atoms with Crippen molar-refractivity contribution >= 4 is 39.3 Å². The molecule has 168 valence electrons. The number of benzene rings is 5. The molecule has 0 heterocycles. The summed E-state index contributed by atoms with van der Waals surface area (Å²) in [6, 6.07) is 49.2. The molecule has 0 atom stereocenters. The van der Waals surface area contributed by atoms with Gasteiger partial charge in [-0.05, 0) is 0 Å². The van der Waals surface area contributed by atoms with Crippen LogP contribution in [0.25, 0.3) is 11.1 Å².